The average Bonchev–Trinajstić information content (AvgIpc) is 3.94. The molecule has 0 amide bonds. The number of ether oxygens (including phenoxy) is 6. The molecule has 0 saturated carbocycles. The fourth-order valence-electron chi connectivity index (χ4n) is 7.99. The van der Waals surface area contributed by atoms with Crippen LogP contribution in [0.2, 0.25) is 0 Å². The first-order valence-electron chi connectivity index (χ1n) is 21.2. The number of esters is 1. The summed E-state index contributed by atoms with van der Waals surface area (Å²) in [7, 11) is 0. The fourth-order valence-corrected chi connectivity index (χ4v) is 7.99. The Morgan fingerprint density at radius 2 is 1.41 bits per heavy atom. The number of imidazole rings is 1. The van der Waals surface area contributed by atoms with Gasteiger partial charge in [-0.25, -0.2) is 9.97 Å². The maximum absolute atomic E-state index is 11.5. The van der Waals surface area contributed by atoms with E-state index in [1.54, 1.807) is 18.4 Å². The minimum atomic E-state index is -1.56. The SMILES string of the molecule is CC(=O)OCC1OC(Oc2ccc(COc3c(Cc4ccco4)nc4c(Cc5ccccc5)nc(-c5ccc(OC6OC(CO)C(O)C(O)C6O)cc5)cn34)cc2)C(C)C(C)C1C. The van der Waals surface area contributed by atoms with Crippen molar-refractivity contribution in [2.75, 3.05) is 13.2 Å². The largest absolute Gasteiger partial charge is 0.472 e. The van der Waals surface area contributed by atoms with E-state index in [0.29, 0.717) is 47.3 Å². The minimum absolute atomic E-state index is 0.105. The van der Waals surface area contributed by atoms with Gasteiger partial charge >= 0.3 is 5.97 Å². The molecule has 2 saturated heterocycles. The lowest BCUT2D eigenvalue weighted by Crippen LogP contribution is -2.60. The average molecular weight is 864 g/mol. The molecule has 15 nitrogen and oxygen atoms in total. The fraction of sp³-hybridized carbons (Fsp3) is 0.396. The van der Waals surface area contributed by atoms with Crippen LogP contribution in [0.4, 0.5) is 0 Å². The van der Waals surface area contributed by atoms with E-state index >= 15 is 0 Å². The third-order valence-electron chi connectivity index (χ3n) is 12.1. The number of nitrogens with zero attached hydrogens (tertiary/aromatic N) is 3. The molecule has 0 spiro atoms. The number of carbonyl (C=O) groups is 1. The Morgan fingerprint density at radius 1 is 0.714 bits per heavy atom. The molecule has 4 N–H and O–H groups in total. The van der Waals surface area contributed by atoms with E-state index in [-0.39, 0.29) is 43.0 Å². The number of furan rings is 1. The highest BCUT2D eigenvalue weighted by molar-refractivity contribution is 5.66. The van der Waals surface area contributed by atoms with E-state index in [1.165, 1.54) is 6.92 Å². The molecule has 10 unspecified atom stereocenters. The second-order valence-corrected chi connectivity index (χ2v) is 16.4. The van der Waals surface area contributed by atoms with Crippen LogP contribution in [0, 0.1) is 17.8 Å². The lowest BCUT2D eigenvalue weighted by molar-refractivity contribution is -0.277. The van der Waals surface area contributed by atoms with Crippen LogP contribution in [-0.2, 0) is 38.5 Å². The van der Waals surface area contributed by atoms with Gasteiger partial charge < -0.3 is 53.3 Å². The van der Waals surface area contributed by atoms with Gasteiger partial charge in [0.15, 0.2) is 5.65 Å². The molecular weight excluding hydrogens is 811 g/mol. The molecule has 5 heterocycles. The third kappa shape index (κ3) is 9.89. The summed E-state index contributed by atoms with van der Waals surface area (Å²) in [5.74, 6) is 2.43. The number of fused-ring (bicyclic) bond motifs is 1. The van der Waals surface area contributed by atoms with Crippen molar-refractivity contribution in [1.29, 1.82) is 0 Å². The van der Waals surface area contributed by atoms with Crippen molar-refractivity contribution < 1.29 is 58.1 Å². The first kappa shape index (κ1) is 43.8. The van der Waals surface area contributed by atoms with E-state index in [1.807, 2.05) is 89.5 Å². The van der Waals surface area contributed by atoms with Gasteiger partial charge in [-0.1, -0.05) is 63.2 Å². The summed E-state index contributed by atoms with van der Waals surface area (Å²) < 4.78 is 43.7. The first-order chi connectivity index (χ1) is 30.4. The van der Waals surface area contributed by atoms with Crippen molar-refractivity contribution in [1.82, 2.24) is 14.4 Å². The Bertz CT molecular complexity index is 2420. The maximum atomic E-state index is 11.5. The predicted molar refractivity (Wildman–Crippen MR) is 228 cm³/mol. The van der Waals surface area contributed by atoms with Crippen molar-refractivity contribution in [3.05, 3.63) is 132 Å². The van der Waals surface area contributed by atoms with Crippen molar-refractivity contribution in [3.8, 4) is 28.6 Å². The summed E-state index contributed by atoms with van der Waals surface area (Å²) in [5.41, 5.74) is 5.31. The zero-order valence-electron chi connectivity index (χ0n) is 35.5. The van der Waals surface area contributed by atoms with Crippen LogP contribution in [0.5, 0.6) is 17.4 Å². The number of aromatic nitrogens is 3. The normalized spacial score (nSPS) is 26.0. The Morgan fingerprint density at radius 3 is 2.10 bits per heavy atom. The lowest BCUT2D eigenvalue weighted by Gasteiger charge is -2.43. The molecule has 8 rings (SSSR count). The number of aliphatic hydroxyl groups excluding tert-OH is 4. The van der Waals surface area contributed by atoms with Crippen molar-refractivity contribution in [2.45, 2.75) is 90.2 Å². The maximum Gasteiger partial charge on any atom is 0.302 e. The van der Waals surface area contributed by atoms with Gasteiger partial charge in [0.2, 0.25) is 18.5 Å². The van der Waals surface area contributed by atoms with Crippen molar-refractivity contribution >= 4 is 11.6 Å². The second kappa shape index (κ2) is 19.3. The van der Waals surface area contributed by atoms with Crippen LogP contribution in [0.1, 0.15) is 56.0 Å². The van der Waals surface area contributed by atoms with E-state index in [2.05, 4.69) is 20.8 Å². The van der Waals surface area contributed by atoms with E-state index in [9.17, 15) is 25.2 Å². The Balaban J connectivity index is 1.07. The molecule has 0 bridgehead atoms. The van der Waals surface area contributed by atoms with E-state index in [0.717, 1.165) is 28.1 Å². The monoisotopic (exact) mass is 863 g/mol. The van der Waals surface area contributed by atoms with Gasteiger partial charge in [-0.3, -0.25) is 9.20 Å². The third-order valence-corrected chi connectivity index (χ3v) is 12.1. The van der Waals surface area contributed by atoms with Gasteiger partial charge in [0.1, 0.15) is 60.6 Å². The standard InChI is InChI=1S/C48H53N3O12/c1-27-28(2)41(26-58-30(4)53)63-47(29(27)3)60-34-16-12-32(13-17-34)25-59-46-38(22-36-11-8-20-57-36)50-45-37(21-31-9-6-5-7-10-31)49-39(23-51(45)46)33-14-18-35(19-15-33)61-48-44(56)43(55)42(54)40(24-52)62-48/h5-20,23,27-29,40-44,47-48,52,54-56H,21-22,24-26H2,1-4H3. The number of rotatable bonds is 15. The highest BCUT2D eigenvalue weighted by Crippen LogP contribution is 2.37. The predicted octanol–water partition coefficient (Wildman–Crippen LogP) is 5.50. The van der Waals surface area contributed by atoms with Gasteiger partial charge in [-0.2, -0.15) is 0 Å². The molecule has 2 fully saturated rings. The minimum Gasteiger partial charge on any atom is -0.472 e. The van der Waals surface area contributed by atoms with Gasteiger partial charge in [0, 0.05) is 31.0 Å². The molecule has 10 atom stereocenters. The zero-order chi connectivity index (χ0) is 44.2. The number of carbonyl (C=O) groups excluding carboxylic acids is 1. The molecule has 0 radical (unpaired) electrons. The topological polar surface area (TPSA) is 197 Å². The Kier molecular flexibility index (Phi) is 13.4. The summed E-state index contributed by atoms with van der Waals surface area (Å²) in [6.45, 7) is 7.60. The highest BCUT2D eigenvalue weighted by atomic mass is 16.7. The van der Waals surface area contributed by atoms with Crippen LogP contribution < -0.4 is 14.2 Å². The molecule has 3 aromatic heterocycles. The van der Waals surface area contributed by atoms with Crippen LogP contribution in [0.3, 0.4) is 0 Å². The molecular formula is C48H53N3O12. The van der Waals surface area contributed by atoms with Crippen LogP contribution in [0.15, 0.2) is 108 Å². The van der Waals surface area contributed by atoms with Crippen LogP contribution >= 0.6 is 0 Å². The Labute approximate surface area is 364 Å². The lowest BCUT2D eigenvalue weighted by atomic mass is 9.79. The van der Waals surface area contributed by atoms with Crippen LogP contribution in [0.25, 0.3) is 16.9 Å². The van der Waals surface area contributed by atoms with E-state index in [4.69, 9.17) is 42.8 Å². The molecule has 2 aliphatic heterocycles. The summed E-state index contributed by atoms with van der Waals surface area (Å²) in [6.07, 6.45) is -3.46. The van der Waals surface area contributed by atoms with Gasteiger partial charge in [-0.15, -0.1) is 0 Å². The smallest absolute Gasteiger partial charge is 0.302 e. The van der Waals surface area contributed by atoms with Gasteiger partial charge in [0.05, 0.1) is 36.8 Å². The van der Waals surface area contributed by atoms with Crippen LogP contribution in [-0.4, -0.2) is 97.1 Å². The summed E-state index contributed by atoms with van der Waals surface area (Å²) >= 11 is 0. The molecule has 2 aliphatic rings. The van der Waals surface area contributed by atoms with Crippen molar-refractivity contribution in [3.63, 3.8) is 0 Å². The first-order valence-corrected chi connectivity index (χ1v) is 21.2. The number of benzene rings is 3. The number of hydrogen-bond acceptors (Lipinski definition) is 14. The van der Waals surface area contributed by atoms with Crippen molar-refractivity contribution in [2.24, 2.45) is 17.8 Å². The Hall–Kier alpha value is -5.81. The number of hydrogen-bond donors (Lipinski definition) is 4. The quantitative estimate of drug-likeness (QED) is 0.0945. The van der Waals surface area contributed by atoms with Gasteiger partial charge in [0.25, 0.3) is 0 Å². The summed E-state index contributed by atoms with van der Waals surface area (Å²) in [6, 6.07) is 28.4. The molecule has 3 aromatic carbocycles. The molecule has 6 aromatic rings. The van der Waals surface area contributed by atoms with E-state index < -0.39 is 43.6 Å². The molecule has 0 aliphatic carbocycles. The second-order valence-electron chi connectivity index (χ2n) is 16.4. The number of aliphatic hydroxyl groups is 4. The zero-order valence-corrected chi connectivity index (χ0v) is 35.5. The van der Waals surface area contributed by atoms with Gasteiger partial charge in [-0.05, 0) is 71.5 Å². The molecule has 63 heavy (non-hydrogen) atoms. The highest BCUT2D eigenvalue weighted by Gasteiger charge is 2.45. The molecule has 332 valence electrons. The summed E-state index contributed by atoms with van der Waals surface area (Å²) in [5, 5.41) is 40.6. The molecule has 15 heteroatoms. The summed E-state index contributed by atoms with van der Waals surface area (Å²) in [4.78, 5) is 21.8.